The second-order valence-electron chi connectivity index (χ2n) is 6.44. The van der Waals surface area contributed by atoms with E-state index in [9.17, 15) is 5.11 Å². The number of aromatic amines is 1. The molecule has 1 aliphatic rings. The molecule has 2 aromatic rings. The predicted octanol–water partition coefficient (Wildman–Crippen LogP) is 7.37. The zero-order chi connectivity index (χ0) is 21.3. The Bertz CT molecular complexity index is 826. The second-order valence-corrected chi connectivity index (χ2v) is 6.44. The van der Waals surface area contributed by atoms with Crippen LogP contribution in [0.2, 0.25) is 0 Å². The largest absolute Gasteiger partial charge is 0.495 e. The zero-order valence-electron chi connectivity index (χ0n) is 18.8. The Morgan fingerprint density at radius 2 is 1.96 bits per heavy atom. The number of nitrogens with zero attached hydrogens (tertiary/aromatic N) is 1. The van der Waals surface area contributed by atoms with Crippen LogP contribution in [0.25, 0.3) is 10.9 Å². The number of aliphatic hydroxyl groups is 1. The molecule has 0 amide bonds. The van der Waals surface area contributed by atoms with Crippen molar-refractivity contribution in [1.29, 1.82) is 0 Å². The van der Waals surface area contributed by atoms with Gasteiger partial charge in [-0.2, -0.15) is 0 Å². The summed E-state index contributed by atoms with van der Waals surface area (Å²) in [5, 5.41) is 11.4. The van der Waals surface area contributed by atoms with Crippen LogP contribution >= 0.6 is 0 Å². The van der Waals surface area contributed by atoms with Gasteiger partial charge in [0, 0.05) is 23.1 Å². The monoisotopic (exact) mass is 382 g/mol. The van der Waals surface area contributed by atoms with Gasteiger partial charge in [0.25, 0.3) is 0 Å². The third-order valence-corrected chi connectivity index (χ3v) is 4.73. The van der Waals surface area contributed by atoms with Crippen LogP contribution in [0.1, 0.15) is 70.8 Å². The average molecular weight is 383 g/mol. The van der Waals surface area contributed by atoms with Gasteiger partial charge in [-0.25, -0.2) is 0 Å². The molecule has 3 rings (SSSR count). The summed E-state index contributed by atoms with van der Waals surface area (Å²) in [6.45, 7) is 18.9. The third-order valence-electron chi connectivity index (χ3n) is 4.73. The molecule has 1 atom stereocenters. The van der Waals surface area contributed by atoms with E-state index in [0.717, 1.165) is 24.9 Å². The van der Waals surface area contributed by atoms with Crippen molar-refractivity contribution in [2.24, 2.45) is 0 Å². The van der Waals surface area contributed by atoms with E-state index in [1.165, 1.54) is 27.8 Å². The van der Waals surface area contributed by atoms with E-state index in [2.05, 4.69) is 61.8 Å². The smallest absolute Gasteiger partial charge is 0.180 e. The lowest BCUT2D eigenvalue weighted by Gasteiger charge is -2.37. The molecule has 3 heteroatoms. The number of aromatic nitrogens is 1. The van der Waals surface area contributed by atoms with E-state index in [1.54, 1.807) is 0 Å². The summed E-state index contributed by atoms with van der Waals surface area (Å²) in [5.74, 6) is 0.131. The Morgan fingerprint density at radius 3 is 2.54 bits per heavy atom. The molecule has 0 bridgehead atoms. The molecule has 1 aromatic heterocycles. The topological polar surface area (TPSA) is 39.3 Å². The van der Waals surface area contributed by atoms with E-state index >= 15 is 0 Å². The Morgan fingerprint density at radius 1 is 1.29 bits per heavy atom. The first-order valence-corrected chi connectivity index (χ1v) is 10.6. The molecule has 0 saturated heterocycles. The predicted molar refractivity (Wildman–Crippen MR) is 124 cm³/mol. The average Bonchev–Trinajstić information content (AvgIpc) is 3.08. The number of aryl methyl sites for hydroxylation is 1. The summed E-state index contributed by atoms with van der Waals surface area (Å²) >= 11 is 0. The number of aliphatic hydroxyl groups excluding tert-OH is 1. The number of hydrogen-bond acceptors (Lipinski definition) is 2. The van der Waals surface area contributed by atoms with E-state index < -0.39 is 0 Å². The van der Waals surface area contributed by atoms with Crippen molar-refractivity contribution < 1.29 is 5.11 Å². The number of hydrogen-bond donors (Lipinski definition) is 2. The fourth-order valence-electron chi connectivity index (χ4n) is 3.73. The first-order valence-electron chi connectivity index (χ1n) is 10.6. The molecule has 0 spiro atoms. The van der Waals surface area contributed by atoms with Crippen LogP contribution in [0.4, 0.5) is 0 Å². The van der Waals surface area contributed by atoms with E-state index in [0.29, 0.717) is 0 Å². The summed E-state index contributed by atoms with van der Waals surface area (Å²) < 4.78 is 0. The Kier molecular flexibility index (Phi) is 9.64. The van der Waals surface area contributed by atoms with Crippen LogP contribution < -0.4 is 0 Å². The van der Waals surface area contributed by atoms with Crippen molar-refractivity contribution in [3.63, 3.8) is 0 Å². The lowest BCUT2D eigenvalue weighted by atomic mass is 9.91. The highest BCUT2D eigenvalue weighted by Crippen LogP contribution is 2.40. The van der Waals surface area contributed by atoms with E-state index in [1.807, 2.05) is 39.5 Å². The van der Waals surface area contributed by atoms with Crippen molar-refractivity contribution >= 4 is 10.9 Å². The van der Waals surface area contributed by atoms with Gasteiger partial charge in [-0.3, -0.25) is 0 Å². The number of benzene rings is 1. The van der Waals surface area contributed by atoms with Gasteiger partial charge in [-0.05, 0) is 56.5 Å². The van der Waals surface area contributed by atoms with E-state index in [4.69, 9.17) is 0 Å². The molecule has 154 valence electrons. The number of rotatable bonds is 4. The normalized spacial score (nSPS) is 16.2. The van der Waals surface area contributed by atoms with Crippen LogP contribution in [0.5, 0.6) is 0 Å². The van der Waals surface area contributed by atoms with Gasteiger partial charge < -0.3 is 15.0 Å². The highest BCUT2D eigenvalue weighted by molar-refractivity contribution is 5.86. The van der Waals surface area contributed by atoms with Crippen LogP contribution in [-0.4, -0.2) is 21.5 Å². The first kappa shape index (κ1) is 23.6. The molecule has 1 aromatic carbocycles. The van der Waals surface area contributed by atoms with Gasteiger partial charge in [0.1, 0.15) is 0 Å². The van der Waals surface area contributed by atoms with Crippen molar-refractivity contribution in [1.82, 2.24) is 9.88 Å². The molecular weight excluding hydrogens is 344 g/mol. The Labute approximate surface area is 171 Å². The minimum absolute atomic E-state index is 0.0184. The third kappa shape index (κ3) is 4.89. The van der Waals surface area contributed by atoms with Gasteiger partial charge >= 0.3 is 0 Å². The summed E-state index contributed by atoms with van der Waals surface area (Å²) in [6, 6.07) is 6.52. The summed E-state index contributed by atoms with van der Waals surface area (Å²) in [7, 11) is 0. The summed E-state index contributed by atoms with van der Waals surface area (Å²) in [4.78, 5) is 5.60. The lowest BCUT2D eigenvalue weighted by Crippen LogP contribution is -2.35. The minimum Gasteiger partial charge on any atom is -0.495 e. The van der Waals surface area contributed by atoms with Crippen LogP contribution in [0.3, 0.4) is 0 Å². The Balaban J connectivity index is 0.000000921. The quantitative estimate of drug-likeness (QED) is 0.428. The number of fused-ring (bicyclic) bond motifs is 3. The van der Waals surface area contributed by atoms with Crippen molar-refractivity contribution in [3.8, 4) is 0 Å². The molecule has 1 unspecified atom stereocenters. The maximum absolute atomic E-state index is 10.1. The van der Waals surface area contributed by atoms with Gasteiger partial charge in [0.2, 0.25) is 0 Å². The number of allylic oxidation sites excluding steroid dienone is 2. The molecule has 2 heterocycles. The fourth-order valence-corrected chi connectivity index (χ4v) is 3.73. The van der Waals surface area contributed by atoms with Crippen LogP contribution in [0.15, 0.2) is 54.5 Å². The summed E-state index contributed by atoms with van der Waals surface area (Å²) in [6.07, 6.45) is 8.28. The second kappa shape index (κ2) is 11.4. The number of H-pyrrole nitrogens is 1. The molecule has 0 radical (unpaired) electrons. The number of nitrogens with one attached hydrogen (secondary N) is 1. The highest BCUT2D eigenvalue weighted by Gasteiger charge is 2.32. The minimum atomic E-state index is -0.0184. The molecule has 0 saturated carbocycles. The molecule has 28 heavy (non-hydrogen) atoms. The standard InChI is InChI=1S/C21H26N2O.2C2H6/c1-5-7-16(8-6-2)21-20-17(11-12-23(21)15(4)24)18-13-14(3)9-10-19(18)22-20;2*1-2/h5,7-10,13,21-22,24H,4,6,11-12H2,1-3H3;2*1-2H3/b7-5-,16-8+;;. The van der Waals surface area contributed by atoms with E-state index in [-0.39, 0.29) is 11.9 Å². The van der Waals surface area contributed by atoms with Crippen molar-refractivity contribution in [2.75, 3.05) is 6.54 Å². The Hall–Kier alpha value is -2.42. The zero-order valence-corrected chi connectivity index (χ0v) is 18.8. The van der Waals surface area contributed by atoms with Gasteiger partial charge in [-0.15, -0.1) is 0 Å². The summed E-state index contributed by atoms with van der Waals surface area (Å²) in [5.41, 5.74) is 6.17. The maximum atomic E-state index is 10.1. The first-order chi connectivity index (χ1) is 13.6. The fraction of sp³-hybridized carbons (Fsp3) is 0.440. The molecule has 3 nitrogen and oxygen atoms in total. The van der Waals surface area contributed by atoms with Crippen LogP contribution in [-0.2, 0) is 6.42 Å². The van der Waals surface area contributed by atoms with Crippen molar-refractivity contribution in [3.05, 3.63) is 71.3 Å². The molecule has 0 fully saturated rings. The molecule has 2 N–H and O–H groups in total. The maximum Gasteiger partial charge on any atom is 0.180 e. The van der Waals surface area contributed by atoms with Crippen molar-refractivity contribution in [2.45, 2.75) is 67.3 Å². The van der Waals surface area contributed by atoms with Gasteiger partial charge in [-0.1, -0.05) is 64.5 Å². The highest BCUT2D eigenvalue weighted by atomic mass is 16.3. The van der Waals surface area contributed by atoms with Gasteiger partial charge in [0.15, 0.2) is 5.88 Å². The lowest BCUT2D eigenvalue weighted by molar-refractivity contribution is 0.161. The molecule has 1 aliphatic heterocycles. The van der Waals surface area contributed by atoms with Gasteiger partial charge in [0.05, 0.1) is 6.04 Å². The SMILES string of the molecule is C=C(O)N1CCc2c([nH]c3ccc(C)cc23)C1C(/C=C\C)=C/CC.CC.CC. The van der Waals surface area contributed by atoms with Crippen LogP contribution in [0, 0.1) is 6.92 Å². The molecular formula is C25H38N2O. The molecule has 0 aliphatic carbocycles.